The van der Waals surface area contributed by atoms with Crippen molar-refractivity contribution in [1.29, 1.82) is 0 Å². The molecule has 20 heavy (non-hydrogen) atoms. The Labute approximate surface area is 117 Å². The third-order valence-corrected chi connectivity index (χ3v) is 3.23. The molecule has 110 valence electrons. The summed E-state index contributed by atoms with van der Waals surface area (Å²) < 4.78 is 24.2. The largest absolute Gasteiger partial charge is 0.478 e. The van der Waals surface area contributed by atoms with Crippen molar-refractivity contribution in [2.24, 2.45) is 0 Å². The van der Waals surface area contributed by atoms with E-state index in [0.29, 0.717) is 18.7 Å². The Hall–Kier alpha value is -1.96. The predicted octanol–water partition coefficient (Wildman–Crippen LogP) is 1.41. The average Bonchev–Trinajstić information content (AvgIpc) is 2.34. The Morgan fingerprint density at radius 3 is 2.70 bits per heavy atom. The molecule has 0 aliphatic carbocycles. The monoisotopic (exact) mass is 302 g/mol. The summed E-state index contributed by atoms with van der Waals surface area (Å²) in [5.41, 5.74) is -0.702. The molecule has 0 spiro atoms. The van der Waals surface area contributed by atoms with Crippen LogP contribution in [0.3, 0.4) is 0 Å². The van der Waals surface area contributed by atoms with E-state index in [1.54, 1.807) is 6.26 Å². The number of carbonyl (C=O) groups excluding carboxylic acids is 1. The van der Waals surface area contributed by atoms with Crippen LogP contribution < -0.4 is 10.6 Å². The number of halogens is 1. The summed E-state index contributed by atoms with van der Waals surface area (Å²) in [6.07, 6.45) is 2.09. The van der Waals surface area contributed by atoms with Gasteiger partial charge in [-0.25, -0.2) is 14.0 Å². The first kappa shape index (κ1) is 16.1. The molecule has 0 saturated heterocycles. The molecular weight excluding hydrogens is 287 g/mol. The third kappa shape index (κ3) is 4.96. The minimum atomic E-state index is -1.46. The number of hydrogen-bond donors (Lipinski definition) is 3. The Morgan fingerprint density at radius 1 is 1.40 bits per heavy atom. The summed E-state index contributed by atoms with van der Waals surface area (Å²) in [5, 5.41) is 13.6. The maximum absolute atomic E-state index is 13.4. The highest BCUT2D eigenvalue weighted by molar-refractivity contribution is 7.84. The average molecular weight is 302 g/mol. The number of benzene rings is 1. The van der Waals surface area contributed by atoms with E-state index in [9.17, 15) is 18.2 Å². The van der Waals surface area contributed by atoms with Crippen molar-refractivity contribution in [2.75, 3.05) is 23.9 Å². The first-order valence-corrected chi connectivity index (χ1v) is 7.51. The Bertz CT molecular complexity index is 536. The van der Waals surface area contributed by atoms with Crippen LogP contribution >= 0.6 is 0 Å². The molecule has 0 aliphatic heterocycles. The number of rotatable bonds is 6. The predicted molar refractivity (Wildman–Crippen MR) is 73.9 cm³/mol. The van der Waals surface area contributed by atoms with E-state index in [1.165, 1.54) is 12.1 Å². The lowest BCUT2D eigenvalue weighted by Crippen LogP contribution is -2.30. The van der Waals surface area contributed by atoms with Crippen molar-refractivity contribution >= 4 is 28.5 Å². The molecule has 0 fully saturated rings. The highest BCUT2D eigenvalue weighted by atomic mass is 32.2. The lowest BCUT2D eigenvalue weighted by Gasteiger charge is -2.10. The van der Waals surface area contributed by atoms with Gasteiger partial charge >= 0.3 is 12.0 Å². The Balaban J connectivity index is 2.60. The molecule has 0 aliphatic rings. The molecule has 1 aromatic carbocycles. The zero-order chi connectivity index (χ0) is 15.1. The maximum Gasteiger partial charge on any atom is 0.340 e. The normalized spacial score (nSPS) is 11.7. The molecule has 0 aromatic heterocycles. The molecule has 0 radical (unpaired) electrons. The number of amides is 2. The molecule has 1 rings (SSSR count). The van der Waals surface area contributed by atoms with Gasteiger partial charge in [-0.1, -0.05) is 6.07 Å². The fourth-order valence-corrected chi connectivity index (χ4v) is 2.04. The first-order valence-electron chi connectivity index (χ1n) is 5.78. The number of urea groups is 1. The van der Waals surface area contributed by atoms with E-state index >= 15 is 0 Å². The second-order valence-electron chi connectivity index (χ2n) is 3.98. The topological polar surface area (TPSA) is 95.5 Å². The lowest BCUT2D eigenvalue weighted by atomic mass is 10.1. The number of carboxylic acid groups (broad SMARTS) is 1. The van der Waals surface area contributed by atoms with Crippen molar-refractivity contribution in [3.05, 3.63) is 29.6 Å². The second kappa shape index (κ2) is 7.59. The van der Waals surface area contributed by atoms with Crippen LogP contribution in [0.2, 0.25) is 0 Å². The van der Waals surface area contributed by atoms with E-state index in [1.807, 2.05) is 0 Å². The second-order valence-corrected chi connectivity index (χ2v) is 5.53. The molecule has 3 N–H and O–H groups in total. The van der Waals surface area contributed by atoms with Gasteiger partial charge in [0.1, 0.15) is 11.4 Å². The molecular formula is C12H15FN2O4S. The van der Waals surface area contributed by atoms with Crippen molar-refractivity contribution < 1.29 is 23.3 Å². The molecule has 1 unspecified atom stereocenters. The maximum atomic E-state index is 13.4. The summed E-state index contributed by atoms with van der Waals surface area (Å²) in [6.45, 7) is 0.295. The van der Waals surface area contributed by atoms with Crippen LogP contribution in [0.15, 0.2) is 18.2 Å². The van der Waals surface area contributed by atoms with Crippen LogP contribution in [0.25, 0.3) is 0 Å². The van der Waals surface area contributed by atoms with E-state index < -0.39 is 34.2 Å². The van der Waals surface area contributed by atoms with Gasteiger partial charge in [-0.2, -0.15) is 0 Å². The summed E-state index contributed by atoms with van der Waals surface area (Å²) in [6, 6.07) is 2.97. The number of carboxylic acids is 1. The molecule has 1 atom stereocenters. The van der Waals surface area contributed by atoms with Gasteiger partial charge in [-0.15, -0.1) is 0 Å². The number of carbonyl (C=O) groups is 2. The minimum Gasteiger partial charge on any atom is -0.478 e. The zero-order valence-corrected chi connectivity index (χ0v) is 11.6. The smallest absolute Gasteiger partial charge is 0.340 e. The lowest BCUT2D eigenvalue weighted by molar-refractivity contribution is 0.0693. The summed E-state index contributed by atoms with van der Waals surface area (Å²) in [5.74, 6) is -1.92. The minimum absolute atomic E-state index is 0.117. The molecule has 0 saturated carbocycles. The summed E-state index contributed by atoms with van der Waals surface area (Å²) in [4.78, 5) is 22.4. The van der Waals surface area contributed by atoms with Crippen molar-refractivity contribution in [2.45, 2.75) is 6.42 Å². The fraction of sp³-hybridized carbons (Fsp3) is 0.333. The number of hydrogen-bond acceptors (Lipinski definition) is 3. The van der Waals surface area contributed by atoms with Crippen molar-refractivity contribution in [1.82, 2.24) is 5.32 Å². The van der Waals surface area contributed by atoms with Crippen LogP contribution in [0.4, 0.5) is 14.9 Å². The standard InChI is InChI=1S/C12H15FN2O4S/c1-20(19)7-3-6-14-12(18)15-9-5-2-4-8(13)10(9)11(16)17/h2,4-5H,3,6-7H2,1H3,(H,16,17)(H2,14,15,18). The van der Waals surface area contributed by atoms with E-state index in [0.717, 1.165) is 6.07 Å². The van der Waals surface area contributed by atoms with Gasteiger partial charge < -0.3 is 15.7 Å². The van der Waals surface area contributed by atoms with E-state index in [2.05, 4.69) is 10.6 Å². The highest BCUT2D eigenvalue weighted by Gasteiger charge is 2.16. The molecule has 2 amide bonds. The van der Waals surface area contributed by atoms with Crippen LogP contribution in [0, 0.1) is 5.82 Å². The zero-order valence-electron chi connectivity index (χ0n) is 10.8. The molecule has 8 heteroatoms. The van der Waals surface area contributed by atoms with Gasteiger partial charge in [0.15, 0.2) is 0 Å². The molecule has 0 heterocycles. The van der Waals surface area contributed by atoms with Gasteiger partial charge in [-0.05, 0) is 18.6 Å². The van der Waals surface area contributed by atoms with Gasteiger partial charge in [-0.3, -0.25) is 4.21 Å². The quantitative estimate of drug-likeness (QED) is 0.692. The van der Waals surface area contributed by atoms with Gasteiger partial charge in [0.05, 0.1) is 5.69 Å². The van der Waals surface area contributed by atoms with Crippen LogP contribution in [0.1, 0.15) is 16.8 Å². The van der Waals surface area contributed by atoms with Gasteiger partial charge in [0.25, 0.3) is 0 Å². The Kier molecular flexibility index (Phi) is 6.10. The van der Waals surface area contributed by atoms with E-state index in [-0.39, 0.29) is 5.69 Å². The highest BCUT2D eigenvalue weighted by Crippen LogP contribution is 2.18. The first-order chi connectivity index (χ1) is 9.41. The number of anilines is 1. The van der Waals surface area contributed by atoms with Crippen LogP contribution in [-0.2, 0) is 10.8 Å². The molecule has 1 aromatic rings. The number of nitrogens with one attached hydrogen (secondary N) is 2. The summed E-state index contributed by atoms with van der Waals surface area (Å²) in [7, 11) is -0.930. The third-order valence-electron chi connectivity index (χ3n) is 2.37. The SMILES string of the molecule is CS(=O)CCCNC(=O)Nc1cccc(F)c1C(=O)O. The van der Waals surface area contributed by atoms with Crippen LogP contribution in [-0.4, -0.2) is 39.9 Å². The van der Waals surface area contributed by atoms with Crippen molar-refractivity contribution in [3.8, 4) is 0 Å². The van der Waals surface area contributed by atoms with Gasteiger partial charge in [0, 0.05) is 29.4 Å². The Morgan fingerprint density at radius 2 is 2.10 bits per heavy atom. The fourth-order valence-electron chi connectivity index (χ4n) is 1.49. The molecule has 0 bridgehead atoms. The summed E-state index contributed by atoms with van der Waals surface area (Å²) >= 11 is 0. The molecule has 6 nitrogen and oxygen atoms in total. The number of aromatic carboxylic acids is 1. The van der Waals surface area contributed by atoms with Crippen molar-refractivity contribution in [3.63, 3.8) is 0 Å². The van der Waals surface area contributed by atoms with Gasteiger partial charge in [0.2, 0.25) is 0 Å². The van der Waals surface area contributed by atoms with Crippen LogP contribution in [0.5, 0.6) is 0 Å². The van der Waals surface area contributed by atoms with E-state index in [4.69, 9.17) is 5.11 Å².